The molecule has 0 heterocycles. The smallest absolute Gasteiger partial charge is 0.327 e. The number of allylic oxidation sites excluding steroid dienone is 4. The lowest BCUT2D eigenvalue weighted by molar-refractivity contribution is -0.164. The molecule has 0 unspecified atom stereocenters. The predicted molar refractivity (Wildman–Crippen MR) is 65.2 cm³/mol. The van der Waals surface area contributed by atoms with Crippen LogP contribution in [0.25, 0.3) is 0 Å². The molecule has 4 nitrogen and oxygen atoms in total. The van der Waals surface area contributed by atoms with E-state index in [-0.39, 0.29) is 6.42 Å². The Bertz CT molecular complexity index is 323. The molecule has 0 aliphatic rings. The Hall–Kier alpha value is -1.84. The average molecular weight is 238 g/mol. The summed E-state index contributed by atoms with van der Waals surface area (Å²) in [6.45, 7) is 5.37. The van der Waals surface area contributed by atoms with Crippen LogP contribution in [-0.2, 0) is 19.1 Å². The highest BCUT2D eigenvalue weighted by Gasteiger charge is 2.45. The molecule has 0 aromatic rings. The van der Waals surface area contributed by atoms with Crippen LogP contribution in [0.4, 0.5) is 0 Å². The maximum Gasteiger partial charge on any atom is 0.327 e. The minimum absolute atomic E-state index is 0.125. The first-order valence-corrected chi connectivity index (χ1v) is 5.17. The van der Waals surface area contributed by atoms with E-state index in [9.17, 15) is 9.59 Å². The van der Waals surface area contributed by atoms with Crippen LogP contribution in [0.1, 0.15) is 13.3 Å². The largest absolute Gasteiger partial charge is 0.468 e. The third-order valence-electron chi connectivity index (χ3n) is 2.25. The SMILES string of the molecule is C=CCC(/C=C/C=C/C)(C(=O)OC)C(=O)OC. The summed E-state index contributed by atoms with van der Waals surface area (Å²) in [5.41, 5.74) is -1.45. The first kappa shape index (κ1) is 15.2. The Balaban J connectivity index is 5.45. The molecule has 0 aliphatic carbocycles. The maximum absolute atomic E-state index is 11.8. The average Bonchev–Trinajstić information content (AvgIpc) is 2.35. The lowest BCUT2D eigenvalue weighted by atomic mass is 9.84. The summed E-state index contributed by atoms with van der Waals surface area (Å²) in [6.07, 6.45) is 8.17. The van der Waals surface area contributed by atoms with E-state index >= 15 is 0 Å². The van der Waals surface area contributed by atoms with Gasteiger partial charge in [0, 0.05) is 0 Å². The number of hydrogen-bond acceptors (Lipinski definition) is 4. The van der Waals surface area contributed by atoms with Gasteiger partial charge < -0.3 is 9.47 Å². The van der Waals surface area contributed by atoms with Crippen molar-refractivity contribution in [3.63, 3.8) is 0 Å². The van der Waals surface area contributed by atoms with Crippen molar-refractivity contribution < 1.29 is 19.1 Å². The molecule has 0 bridgehead atoms. The fourth-order valence-electron chi connectivity index (χ4n) is 1.38. The summed E-state index contributed by atoms with van der Waals surface area (Å²) in [5, 5.41) is 0. The second kappa shape index (κ2) is 7.44. The topological polar surface area (TPSA) is 52.6 Å². The van der Waals surface area contributed by atoms with Crippen LogP contribution in [-0.4, -0.2) is 26.2 Å². The maximum atomic E-state index is 11.8. The first-order valence-electron chi connectivity index (χ1n) is 5.17. The van der Waals surface area contributed by atoms with Gasteiger partial charge in [-0.15, -0.1) is 6.58 Å². The second-order valence-electron chi connectivity index (χ2n) is 3.33. The number of rotatable bonds is 6. The standard InChI is InChI=1S/C13H18O4/c1-5-7-8-10-13(9-6-2,11(14)16-3)12(15)17-4/h5-8,10H,2,9H2,1,3-4H3/b7-5+,10-8+. The van der Waals surface area contributed by atoms with Crippen molar-refractivity contribution >= 4 is 11.9 Å². The van der Waals surface area contributed by atoms with Crippen molar-refractivity contribution in [2.75, 3.05) is 14.2 Å². The Labute approximate surface area is 102 Å². The van der Waals surface area contributed by atoms with Crippen LogP contribution in [0.3, 0.4) is 0 Å². The van der Waals surface area contributed by atoms with E-state index in [0.717, 1.165) is 0 Å². The number of ether oxygens (including phenoxy) is 2. The summed E-state index contributed by atoms with van der Waals surface area (Å²) in [6, 6.07) is 0. The minimum Gasteiger partial charge on any atom is -0.468 e. The van der Waals surface area contributed by atoms with E-state index < -0.39 is 17.4 Å². The zero-order valence-electron chi connectivity index (χ0n) is 10.4. The molecule has 0 N–H and O–H groups in total. The quantitative estimate of drug-likeness (QED) is 0.307. The van der Waals surface area contributed by atoms with Gasteiger partial charge in [0.25, 0.3) is 0 Å². The van der Waals surface area contributed by atoms with E-state index in [0.29, 0.717) is 0 Å². The summed E-state index contributed by atoms with van der Waals surface area (Å²) >= 11 is 0. The van der Waals surface area contributed by atoms with Gasteiger partial charge in [-0.2, -0.15) is 0 Å². The summed E-state index contributed by atoms with van der Waals surface area (Å²) < 4.78 is 9.32. The lowest BCUT2D eigenvalue weighted by Crippen LogP contribution is -2.39. The van der Waals surface area contributed by atoms with Crippen molar-refractivity contribution in [2.24, 2.45) is 5.41 Å². The van der Waals surface area contributed by atoms with Crippen molar-refractivity contribution in [3.05, 3.63) is 37.0 Å². The van der Waals surface area contributed by atoms with Gasteiger partial charge in [0.1, 0.15) is 0 Å². The molecule has 0 fully saturated rings. The van der Waals surface area contributed by atoms with E-state index in [1.54, 1.807) is 18.2 Å². The fourth-order valence-corrected chi connectivity index (χ4v) is 1.38. The Morgan fingerprint density at radius 1 is 1.18 bits per heavy atom. The van der Waals surface area contributed by atoms with Crippen molar-refractivity contribution in [2.45, 2.75) is 13.3 Å². The zero-order chi connectivity index (χ0) is 13.3. The number of hydrogen-bond donors (Lipinski definition) is 0. The molecule has 4 heteroatoms. The molecule has 0 atom stereocenters. The van der Waals surface area contributed by atoms with Gasteiger partial charge >= 0.3 is 11.9 Å². The fraction of sp³-hybridized carbons (Fsp3) is 0.385. The Morgan fingerprint density at radius 2 is 1.71 bits per heavy atom. The molecular formula is C13H18O4. The molecule has 94 valence electrons. The molecule has 0 amide bonds. The molecular weight excluding hydrogens is 220 g/mol. The van der Waals surface area contributed by atoms with E-state index in [1.165, 1.54) is 26.4 Å². The summed E-state index contributed by atoms with van der Waals surface area (Å²) in [4.78, 5) is 23.5. The summed E-state index contributed by atoms with van der Waals surface area (Å²) in [5.74, 6) is -1.32. The highest BCUT2D eigenvalue weighted by Crippen LogP contribution is 2.28. The van der Waals surface area contributed by atoms with Crippen LogP contribution < -0.4 is 0 Å². The van der Waals surface area contributed by atoms with Crippen molar-refractivity contribution in [3.8, 4) is 0 Å². The van der Waals surface area contributed by atoms with Gasteiger partial charge in [-0.25, -0.2) is 0 Å². The van der Waals surface area contributed by atoms with Crippen LogP contribution in [0.5, 0.6) is 0 Å². The molecule has 0 saturated carbocycles. The monoisotopic (exact) mass is 238 g/mol. The van der Waals surface area contributed by atoms with Gasteiger partial charge in [-0.1, -0.05) is 30.4 Å². The number of carbonyl (C=O) groups is 2. The molecule has 0 rings (SSSR count). The minimum atomic E-state index is -1.45. The van der Waals surface area contributed by atoms with Crippen LogP contribution in [0, 0.1) is 5.41 Å². The first-order chi connectivity index (χ1) is 8.08. The van der Waals surface area contributed by atoms with E-state index in [1.807, 2.05) is 6.92 Å². The van der Waals surface area contributed by atoms with Gasteiger partial charge in [0.15, 0.2) is 5.41 Å². The van der Waals surface area contributed by atoms with Crippen LogP contribution in [0.15, 0.2) is 37.0 Å². The van der Waals surface area contributed by atoms with E-state index in [2.05, 4.69) is 16.1 Å². The van der Waals surface area contributed by atoms with Crippen molar-refractivity contribution in [1.82, 2.24) is 0 Å². The van der Waals surface area contributed by atoms with E-state index in [4.69, 9.17) is 0 Å². The third-order valence-corrected chi connectivity index (χ3v) is 2.25. The Morgan fingerprint density at radius 3 is 2.06 bits per heavy atom. The highest BCUT2D eigenvalue weighted by atomic mass is 16.5. The van der Waals surface area contributed by atoms with Crippen molar-refractivity contribution in [1.29, 1.82) is 0 Å². The molecule has 0 saturated heterocycles. The van der Waals surface area contributed by atoms with Crippen LogP contribution >= 0.6 is 0 Å². The number of carbonyl (C=O) groups excluding carboxylic acids is 2. The Kier molecular flexibility index (Phi) is 6.63. The van der Waals surface area contributed by atoms with Gasteiger partial charge in [-0.05, 0) is 13.3 Å². The van der Waals surface area contributed by atoms with Gasteiger partial charge in [0.05, 0.1) is 14.2 Å². The molecule has 17 heavy (non-hydrogen) atoms. The van der Waals surface area contributed by atoms with Crippen LogP contribution in [0.2, 0.25) is 0 Å². The lowest BCUT2D eigenvalue weighted by Gasteiger charge is -2.23. The molecule has 0 spiro atoms. The number of esters is 2. The van der Waals surface area contributed by atoms with Gasteiger partial charge in [-0.3, -0.25) is 9.59 Å². The highest BCUT2D eigenvalue weighted by molar-refractivity contribution is 6.02. The predicted octanol–water partition coefficient (Wildman–Crippen LogP) is 2.03. The number of methoxy groups -OCH3 is 2. The normalized spacial score (nSPS) is 11.7. The summed E-state index contributed by atoms with van der Waals surface area (Å²) in [7, 11) is 2.46. The molecule has 0 aromatic heterocycles. The molecule has 0 radical (unpaired) electrons. The van der Waals surface area contributed by atoms with Gasteiger partial charge in [0.2, 0.25) is 0 Å². The zero-order valence-corrected chi connectivity index (χ0v) is 10.4. The second-order valence-corrected chi connectivity index (χ2v) is 3.33. The molecule has 0 aliphatic heterocycles. The molecule has 0 aromatic carbocycles. The third kappa shape index (κ3) is 3.59.